The number of carbonyl (C=O) groups excluding carboxylic acids is 1. The molecule has 0 spiro atoms. The van der Waals surface area contributed by atoms with Crippen LogP contribution in [0.25, 0.3) is 10.9 Å². The lowest BCUT2D eigenvalue weighted by atomic mass is 10.0. The summed E-state index contributed by atoms with van der Waals surface area (Å²) in [5.74, 6) is 1.50. The number of aromatic nitrogens is 4. The van der Waals surface area contributed by atoms with Crippen molar-refractivity contribution in [3.8, 4) is 0 Å². The molecule has 3 heterocycles. The summed E-state index contributed by atoms with van der Waals surface area (Å²) in [6, 6.07) is 13.8. The SMILES string of the molecule is Cc1nc([C@@H](Cc2c[nH]c3ccccc23)NC(=O)CCc2ccncc2)cc(N(C)C)n1. The third kappa shape index (κ3) is 5.11. The molecule has 0 aliphatic carbocycles. The predicted octanol–water partition coefficient (Wildman–Crippen LogP) is 3.76. The number of H-pyrrole nitrogens is 1. The zero-order valence-corrected chi connectivity index (χ0v) is 18.7. The van der Waals surface area contributed by atoms with E-state index >= 15 is 0 Å². The van der Waals surface area contributed by atoms with Crippen molar-refractivity contribution < 1.29 is 4.79 Å². The van der Waals surface area contributed by atoms with Gasteiger partial charge in [0.25, 0.3) is 0 Å². The summed E-state index contributed by atoms with van der Waals surface area (Å²) in [7, 11) is 3.90. The number of nitrogens with one attached hydrogen (secondary N) is 2. The van der Waals surface area contributed by atoms with Crippen LogP contribution in [0.5, 0.6) is 0 Å². The fraction of sp³-hybridized carbons (Fsp3) is 0.280. The van der Waals surface area contributed by atoms with Gasteiger partial charge in [-0.25, -0.2) is 9.97 Å². The molecule has 3 aromatic heterocycles. The van der Waals surface area contributed by atoms with Gasteiger partial charge in [0, 0.05) is 62.5 Å². The van der Waals surface area contributed by atoms with Crippen molar-refractivity contribution in [1.82, 2.24) is 25.3 Å². The molecular formula is C25H28N6O. The Morgan fingerprint density at radius 2 is 1.91 bits per heavy atom. The molecule has 0 saturated carbocycles. The largest absolute Gasteiger partial charge is 0.363 e. The highest BCUT2D eigenvalue weighted by Gasteiger charge is 2.20. The number of benzene rings is 1. The average Bonchev–Trinajstić information content (AvgIpc) is 3.20. The topological polar surface area (TPSA) is 86.8 Å². The van der Waals surface area contributed by atoms with Crippen LogP contribution in [0.4, 0.5) is 5.82 Å². The zero-order valence-electron chi connectivity index (χ0n) is 18.7. The summed E-state index contributed by atoms with van der Waals surface area (Å²) in [4.78, 5) is 31.4. The third-order valence-corrected chi connectivity index (χ3v) is 5.48. The summed E-state index contributed by atoms with van der Waals surface area (Å²) in [6.45, 7) is 1.88. The molecule has 0 aliphatic heterocycles. The van der Waals surface area contributed by atoms with Crippen molar-refractivity contribution in [2.45, 2.75) is 32.2 Å². The van der Waals surface area contributed by atoms with Crippen LogP contribution in [0, 0.1) is 6.92 Å². The molecule has 0 radical (unpaired) electrons. The molecule has 7 nitrogen and oxygen atoms in total. The van der Waals surface area contributed by atoms with E-state index in [0.29, 0.717) is 25.1 Å². The number of hydrogen-bond donors (Lipinski definition) is 2. The lowest BCUT2D eigenvalue weighted by molar-refractivity contribution is -0.121. The maximum atomic E-state index is 12.9. The Hall–Kier alpha value is -3.74. The molecule has 0 fully saturated rings. The Bertz CT molecular complexity index is 1200. The van der Waals surface area contributed by atoms with E-state index in [-0.39, 0.29) is 11.9 Å². The lowest BCUT2D eigenvalue weighted by Gasteiger charge is -2.21. The first-order chi connectivity index (χ1) is 15.5. The van der Waals surface area contributed by atoms with Crippen molar-refractivity contribution in [2.24, 2.45) is 0 Å². The molecule has 0 bridgehead atoms. The molecule has 1 atom stereocenters. The van der Waals surface area contributed by atoms with E-state index < -0.39 is 0 Å². The number of rotatable bonds is 8. The summed E-state index contributed by atoms with van der Waals surface area (Å²) >= 11 is 0. The van der Waals surface area contributed by atoms with E-state index in [0.717, 1.165) is 33.5 Å². The van der Waals surface area contributed by atoms with Crippen molar-refractivity contribution in [2.75, 3.05) is 19.0 Å². The third-order valence-electron chi connectivity index (χ3n) is 5.48. The molecule has 1 aromatic carbocycles. The fourth-order valence-corrected chi connectivity index (χ4v) is 3.81. The van der Waals surface area contributed by atoms with Crippen LogP contribution in [0.1, 0.15) is 35.1 Å². The van der Waals surface area contributed by atoms with E-state index in [1.54, 1.807) is 12.4 Å². The molecule has 2 N–H and O–H groups in total. The second-order valence-corrected chi connectivity index (χ2v) is 8.13. The summed E-state index contributed by atoms with van der Waals surface area (Å²) in [5.41, 5.74) is 4.13. The van der Waals surface area contributed by atoms with Gasteiger partial charge in [0.1, 0.15) is 11.6 Å². The van der Waals surface area contributed by atoms with Gasteiger partial charge in [-0.05, 0) is 42.7 Å². The van der Waals surface area contributed by atoms with Gasteiger partial charge in [-0.2, -0.15) is 0 Å². The second kappa shape index (κ2) is 9.60. The quantitative estimate of drug-likeness (QED) is 0.446. The van der Waals surface area contributed by atoms with Gasteiger partial charge >= 0.3 is 0 Å². The van der Waals surface area contributed by atoms with Crippen LogP contribution in [0.3, 0.4) is 0 Å². The number of nitrogens with zero attached hydrogens (tertiary/aromatic N) is 4. The van der Waals surface area contributed by atoms with Gasteiger partial charge in [-0.1, -0.05) is 18.2 Å². The van der Waals surface area contributed by atoms with Gasteiger partial charge in [0.05, 0.1) is 11.7 Å². The molecule has 1 amide bonds. The Labute approximate surface area is 187 Å². The van der Waals surface area contributed by atoms with Crippen LogP contribution in [0.15, 0.2) is 61.1 Å². The highest BCUT2D eigenvalue weighted by molar-refractivity contribution is 5.83. The summed E-state index contributed by atoms with van der Waals surface area (Å²) < 4.78 is 0. The number of amides is 1. The van der Waals surface area contributed by atoms with Crippen LogP contribution in [0.2, 0.25) is 0 Å². The minimum atomic E-state index is -0.264. The van der Waals surface area contributed by atoms with Crippen LogP contribution >= 0.6 is 0 Å². The van der Waals surface area contributed by atoms with Crippen molar-refractivity contribution >= 4 is 22.6 Å². The number of para-hydroxylation sites is 1. The predicted molar refractivity (Wildman–Crippen MR) is 127 cm³/mol. The molecule has 0 unspecified atom stereocenters. The molecular weight excluding hydrogens is 400 g/mol. The van der Waals surface area contributed by atoms with Crippen molar-refractivity contribution in [3.63, 3.8) is 0 Å². The van der Waals surface area contributed by atoms with Gasteiger partial charge in [0.15, 0.2) is 0 Å². The number of aryl methyl sites for hydroxylation is 2. The van der Waals surface area contributed by atoms with Crippen molar-refractivity contribution in [3.05, 3.63) is 83.7 Å². The first-order valence-corrected chi connectivity index (χ1v) is 10.8. The lowest BCUT2D eigenvalue weighted by Crippen LogP contribution is -2.31. The Kier molecular flexibility index (Phi) is 6.44. The summed E-state index contributed by atoms with van der Waals surface area (Å²) in [6.07, 6.45) is 7.22. The van der Waals surface area contributed by atoms with Crippen molar-refractivity contribution in [1.29, 1.82) is 0 Å². The molecule has 0 saturated heterocycles. The molecule has 7 heteroatoms. The molecule has 4 rings (SSSR count). The highest BCUT2D eigenvalue weighted by atomic mass is 16.1. The van der Waals surface area contributed by atoms with E-state index in [1.807, 2.05) is 62.4 Å². The minimum Gasteiger partial charge on any atom is -0.363 e. The summed E-state index contributed by atoms with van der Waals surface area (Å²) in [5, 5.41) is 4.38. The standard InChI is InChI=1S/C25H28N6O/c1-17-28-23(15-24(29-17)31(2)3)22(14-19-16-27-21-7-5-4-6-20(19)21)30-25(32)9-8-18-10-12-26-13-11-18/h4-7,10-13,15-16,22,27H,8-9,14H2,1-3H3,(H,30,32)/t22-/m1/s1. The van der Waals surface area contributed by atoms with E-state index in [9.17, 15) is 4.79 Å². The number of carbonyl (C=O) groups is 1. The Balaban J connectivity index is 1.59. The number of aromatic amines is 1. The van der Waals surface area contributed by atoms with Gasteiger partial charge < -0.3 is 15.2 Å². The first-order valence-electron chi connectivity index (χ1n) is 10.8. The Morgan fingerprint density at radius 1 is 1.12 bits per heavy atom. The van der Waals surface area contributed by atoms with E-state index in [1.165, 1.54) is 0 Å². The number of hydrogen-bond acceptors (Lipinski definition) is 5. The number of fused-ring (bicyclic) bond motifs is 1. The van der Waals surface area contributed by atoms with Crippen LogP contribution < -0.4 is 10.2 Å². The van der Waals surface area contributed by atoms with E-state index in [2.05, 4.69) is 37.4 Å². The highest BCUT2D eigenvalue weighted by Crippen LogP contribution is 2.25. The first kappa shape index (κ1) is 21.5. The zero-order chi connectivity index (χ0) is 22.5. The van der Waals surface area contributed by atoms with Crippen LogP contribution in [-0.4, -0.2) is 39.9 Å². The smallest absolute Gasteiger partial charge is 0.220 e. The maximum absolute atomic E-state index is 12.9. The minimum absolute atomic E-state index is 0.00526. The number of pyridine rings is 1. The van der Waals surface area contributed by atoms with Gasteiger partial charge in [0.2, 0.25) is 5.91 Å². The molecule has 4 aromatic rings. The van der Waals surface area contributed by atoms with Gasteiger partial charge in [-0.15, -0.1) is 0 Å². The van der Waals surface area contributed by atoms with Crippen LogP contribution in [-0.2, 0) is 17.6 Å². The van der Waals surface area contributed by atoms with E-state index in [4.69, 9.17) is 0 Å². The monoisotopic (exact) mass is 428 g/mol. The second-order valence-electron chi connectivity index (χ2n) is 8.13. The molecule has 32 heavy (non-hydrogen) atoms. The maximum Gasteiger partial charge on any atom is 0.220 e. The Morgan fingerprint density at radius 3 is 2.69 bits per heavy atom. The number of anilines is 1. The average molecular weight is 429 g/mol. The normalized spacial score (nSPS) is 12.0. The molecule has 164 valence electrons. The fourth-order valence-electron chi connectivity index (χ4n) is 3.81. The molecule has 0 aliphatic rings. The van der Waals surface area contributed by atoms with Gasteiger partial charge in [-0.3, -0.25) is 9.78 Å².